The second-order valence-electron chi connectivity index (χ2n) is 4.30. The van der Waals surface area contributed by atoms with Gasteiger partial charge in [0.1, 0.15) is 0 Å². The second-order valence-corrected chi connectivity index (χ2v) is 4.30. The van der Waals surface area contributed by atoms with Crippen molar-refractivity contribution in [3.8, 4) is 6.07 Å². The highest BCUT2D eigenvalue weighted by atomic mass is 16.4. The standard InChI is InChI=1S/C15H19NO4/c1-3-4-7-12(14(17)18)8-9-13(15(19)20)11(2)6-5-10-16/h5-6,8-9,11H,3-4,7H2,1-2H3,(H,17,18)(H,19,20). The first-order chi connectivity index (χ1) is 9.43. The van der Waals surface area contributed by atoms with Crippen LogP contribution in [-0.2, 0) is 9.59 Å². The molecule has 0 rings (SSSR count). The monoisotopic (exact) mass is 277 g/mol. The summed E-state index contributed by atoms with van der Waals surface area (Å²) in [5.41, 5.74) is 0.230. The maximum absolute atomic E-state index is 11.1. The highest BCUT2D eigenvalue weighted by molar-refractivity contribution is 5.90. The summed E-state index contributed by atoms with van der Waals surface area (Å²) in [5.74, 6) is -2.64. The molecule has 0 aromatic rings. The van der Waals surface area contributed by atoms with E-state index in [-0.39, 0.29) is 11.1 Å². The summed E-state index contributed by atoms with van der Waals surface area (Å²) in [6.45, 7) is 3.58. The highest BCUT2D eigenvalue weighted by Crippen LogP contribution is 2.15. The first kappa shape index (κ1) is 17.6. The van der Waals surface area contributed by atoms with Crippen LogP contribution in [0.4, 0.5) is 0 Å². The fraction of sp³-hybridized carbons (Fsp3) is 0.400. The van der Waals surface area contributed by atoms with Gasteiger partial charge in [0.2, 0.25) is 0 Å². The third-order valence-corrected chi connectivity index (χ3v) is 2.74. The molecule has 0 aliphatic heterocycles. The normalized spacial score (nSPS) is 14.1. The van der Waals surface area contributed by atoms with E-state index in [2.05, 4.69) is 0 Å². The SMILES string of the molecule is CCCCC(=CC=C(C(=O)O)C(C)C=CC#N)C(=O)O. The average Bonchev–Trinajstić information content (AvgIpc) is 2.39. The van der Waals surface area contributed by atoms with Crippen LogP contribution in [0.2, 0.25) is 0 Å². The van der Waals surface area contributed by atoms with Gasteiger partial charge in [0.15, 0.2) is 0 Å². The van der Waals surface area contributed by atoms with E-state index in [1.165, 1.54) is 24.3 Å². The van der Waals surface area contributed by atoms with Crippen molar-refractivity contribution in [3.63, 3.8) is 0 Å². The zero-order valence-electron chi connectivity index (χ0n) is 11.7. The number of hydrogen-bond acceptors (Lipinski definition) is 3. The van der Waals surface area contributed by atoms with Crippen molar-refractivity contribution in [3.05, 3.63) is 35.5 Å². The van der Waals surface area contributed by atoms with Gasteiger partial charge in [-0.3, -0.25) is 0 Å². The quantitative estimate of drug-likeness (QED) is 0.404. The Hall–Kier alpha value is -2.35. The summed E-state index contributed by atoms with van der Waals surface area (Å²) in [7, 11) is 0. The number of rotatable bonds is 8. The van der Waals surface area contributed by atoms with E-state index in [4.69, 9.17) is 15.5 Å². The lowest BCUT2D eigenvalue weighted by Crippen LogP contribution is -2.08. The molecule has 0 aromatic carbocycles. The Morgan fingerprint density at radius 1 is 1.25 bits per heavy atom. The maximum atomic E-state index is 11.1. The van der Waals surface area contributed by atoms with Gasteiger partial charge >= 0.3 is 11.9 Å². The minimum atomic E-state index is -1.13. The summed E-state index contributed by atoms with van der Waals surface area (Å²) < 4.78 is 0. The topological polar surface area (TPSA) is 98.4 Å². The molecule has 0 aliphatic rings. The molecule has 0 saturated carbocycles. The summed E-state index contributed by atoms with van der Waals surface area (Å²) >= 11 is 0. The number of allylic oxidation sites excluding steroid dienone is 4. The van der Waals surface area contributed by atoms with Crippen molar-refractivity contribution in [2.45, 2.75) is 33.1 Å². The smallest absolute Gasteiger partial charge is 0.332 e. The lowest BCUT2D eigenvalue weighted by atomic mass is 9.99. The van der Waals surface area contributed by atoms with E-state index in [0.717, 1.165) is 12.8 Å². The summed E-state index contributed by atoms with van der Waals surface area (Å²) in [6.07, 6.45) is 7.30. The van der Waals surface area contributed by atoms with E-state index in [1.807, 2.05) is 6.92 Å². The average molecular weight is 277 g/mol. The van der Waals surface area contributed by atoms with E-state index in [0.29, 0.717) is 6.42 Å². The molecule has 0 bridgehead atoms. The van der Waals surface area contributed by atoms with Gasteiger partial charge in [-0.2, -0.15) is 5.26 Å². The molecule has 0 saturated heterocycles. The summed E-state index contributed by atoms with van der Waals surface area (Å²) in [6, 6.07) is 1.79. The molecule has 0 heterocycles. The Labute approximate surface area is 118 Å². The van der Waals surface area contributed by atoms with E-state index in [1.54, 1.807) is 13.0 Å². The van der Waals surface area contributed by atoms with Crippen LogP contribution in [0.5, 0.6) is 0 Å². The zero-order valence-corrected chi connectivity index (χ0v) is 11.7. The number of nitrogens with zero attached hydrogens (tertiary/aromatic N) is 1. The largest absolute Gasteiger partial charge is 0.478 e. The van der Waals surface area contributed by atoms with Gasteiger partial charge < -0.3 is 10.2 Å². The molecule has 1 unspecified atom stereocenters. The fourth-order valence-corrected chi connectivity index (χ4v) is 1.53. The molecule has 1 atom stereocenters. The van der Waals surface area contributed by atoms with E-state index >= 15 is 0 Å². The van der Waals surface area contributed by atoms with Crippen LogP contribution >= 0.6 is 0 Å². The number of carbonyl (C=O) groups is 2. The number of carboxylic acids is 2. The Bertz CT molecular complexity index is 481. The Morgan fingerprint density at radius 3 is 2.35 bits per heavy atom. The summed E-state index contributed by atoms with van der Waals surface area (Å²) in [4.78, 5) is 22.2. The van der Waals surface area contributed by atoms with Gasteiger partial charge in [0.05, 0.1) is 6.07 Å². The van der Waals surface area contributed by atoms with Crippen molar-refractivity contribution in [1.29, 1.82) is 5.26 Å². The molecule has 0 aromatic heterocycles. The zero-order chi connectivity index (χ0) is 15.5. The van der Waals surface area contributed by atoms with Crippen molar-refractivity contribution in [1.82, 2.24) is 0 Å². The molecule has 5 nitrogen and oxygen atoms in total. The number of nitriles is 1. The van der Waals surface area contributed by atoms with Crippen LogP contribution in [0.3, 0.4) is 0 Å². The lowest BCUT2D eigenvalue weighted by molar-refractivity contribution is -0.134. The Kier molecular flexibility index (Phi) is 8.44. The lowest BCUT2D eigenvalue weighted by Gasteiger charge is -2.06. The predicted molar refractivity (Wildman–Crippen MR) is 74.9 cm³/mol. The Balaban J connectivity index is 5.26. The molecule has 5 heteroatoms. The third-order valence-electron chi connectivity index (χ3n) is 2.74. The van der Waals surface area contributed by atoms with Crippen LogP contribution in [0.15, 0.2) is 35.5 Å². The minimum Gasteiger partial charge on any atom is -0.478 e. The molecular weight excluding hydrogens is 258 g/mol. The Morgan fingerprint density at radius 2 is 1.90 bits per heavy atom. The first-order valence-corrected chi connectivity index (χ1v) is 6.37. The number of unbranched alkanes of at least 4 members (excludes halogenated alkanes) is 1. The van der Waals surface area contributed by atoms with Crippen molar-refractivity contribution >= 4 is 11.9 Å². The molecular formula is C15H19NO4. The van der Waals surface area contributed by atoms with Gasteiger partial charge in [0.25, 0.3) is 0 Å². The maximum Gasteiger partial charge on any atom is 0.332 e. The molecule has 0 aliphatic carbocycles. The van der Waals surface area contributed by atoms with E-state index < -0.39 is 17.9 Å². The van der Waals surface area contributed by atoms with Gasteiger partial charge in [-0.1, -0.05) is 38.5 Å². The molecule has 108 valence electrons. The molecule has 20 heavy (non-hydrogen) atoms. The molecule has 2 N–H and O–H groups in total. The number of aliphatic carboxylic acids is 2. The number of hydrogen-bond donors (Lipinski definition) is 2. The van der Waals surface area contributed by atoms with Crippen molar-refractivity contribution in [2.75, 3.05) is 0 Å². The first-order valence-electron chi connectivity index (χ1n) is 6.37. The van der Waals surface area contributed by atoms with Crippen LogP contribution in [0.1, 0.15) is 33.1 Å². The molecule has 0 amide bonds. The van der Waals surface area contributed by atoms with Gasteiger partial charge in [0, 0.05) is 23.1 Å². The second kappa shape index (κ2) is 9.56. The van der Waals surface area contributed by atoms with Crippen LogP contribution in [0, 0.1) is 17.2 Å². The van der Waals surface area contributed by atoms with Gasteiger partial charge in [-0.25, -0.2) is 9.59 Å². The van der Waals surface area contributed by atoms with Gasteiger partial charge in [-0.05, 0) is 12.8 Å². The van der Waals surface area contributed by atoms with Gasteiger partial charge in [-0.15, -0.1) is 0 Å². The predicted octanol–water partition coefficient (Wildman–Crippen LogP) is 2.91. The summed E-state index contributed by atoms with van der Waals surface area (Å²) in [5, 5.41) is 26.6. The van der Waals surface area contributed by atoms with Crippen molar-refractivity contribution < 1.29 is 19.8 Å². The third kappa shape index (κ3) is 6.55. The minimum absolute atomic E-state index is 0.0479. The number of carboxylic acid groups (broad SMARTS) is 2. The molecule has 0 fully saturated rings. The van der Waals surface area contributed by atoms with Crippen molar-refractivity contribution in [2.24, 2.45) is 5.92 Å². The van der Waals surface area contributed by atoms with E-state index in [9.17, 15) is 9.59 Å². The van der Waals surface area contributed by atoms with Crippen LogP contribution in [-0.4, -0.2) is 22.2 Å². The molecule has 0 radical (unpaired) electrons. The highest BCUT2D eigenvalue weighted by Gasteiger charge is 2.13. The van der Waals surface area contributed by atoms with Crippen LogP contribution < -0.4 is 0 Å². The fourth-order valence-electron chi connectivity index (χ4n) is 1.53. The molecule has 0 spiro atoms. The van der Waals surface area contributed by atoms with Crippen LogP contribution in [0.25, 0.3) is 0 Å².